The minimum Gasteiger partial charge on any atom is -0.387 e. The van der Waals surface area contributed by atoms with Crippen molar-refractivity contribution >= 4 is 11.8 Å². The van der Waals surface area contributed by atoms with Crippen LogP contribution in [0.3, 0.4) is 0 Å². The van der Waals surface area contributed by atoms with E-state index in [1.54, 1.807) is 0 Å². The van der Waals surface area contributed by atoms with Gasteiger partial charge in [-0.2, -0.15) is 0 Å². The van der Waals surface area contributed by atoms with Gasteiger partial charge in [-0.25, -0.2) is 0 Å². The molecule has 122 valence electrons. The highest BCUT2D eigenvalue weighted by Crippen LogP contribution is 2.35. The third-order valence-corrected chi connectivity index (χ3v) is 4.94. The molecule has 0 spiro atoms. The van der Waals surface area contributed by atoms with Crippen LogP contribution in [0.4, 0.5) is 0 Å². The zero-order chi connectivity index (χ0) is 16.6. The fourth-order valence-electron chi connectivity index (χ4n) is 3.43. The molecule has 2 aliphatic rings. The number of rotatable bonds is 4. The lowest BCUT2D eigenvalue weighted by molar-refractivity contribution is -0.141. The van der Waals surface area contributed by atoms with Crippen molar-refractivity contribution in [3.63, 3.8) is 0 Å². The van der Waals surface area contributed by atoms with Crippen molar-refractivity contribution in [3.05, 3.63) is 47.5 Å². The summed E-state index contributed by atoms with van der Waals surface area (Å²) in [5, 5.41) is 10.4. The smallest absolute Gasteiger partial charge is 0.233 e. The predicted molar refractivity (Wildman–Crippen MR) is 87.6 cm³/mol. The molecule has 4 heteroatoms. The van der Waals surface area contributed by atoms with E-state index < -0.39 is 6.10 Å². The first kappa shape index (κ1) is 15.9. The summed E-state index contributed by atoms with van der Waals surface area (Å²) in [5.41, 5.74) is 1.94. The van der Waals surface area contributed by atoms with Crippen molar-refractivity contribution in [2.24, 2.45) is 11.8 Å². The van der Waals surface area contributed by atoms with Crippen LogP contribution in [0.15, 0.2) is 36.4 Å². The molecule has 0 bridgehead atoms. The normalized spacial score (nSPS) is 25.1. The van der Waals surface area contributed by atoms with Gasteiger partial charge in [-0.3, -0.25) is 14.5 Å². The molecule has 1 N–H and O–H groups in total. The zero-order valence-electron chi connectivity index (χ0n) is 13.6. The Hall–Kier alpha value is -1.94. The highest BCUT2D eigenvalue weighted by Gasteiger charge is 2.47. The Balaban J connectivity index is 1.71. The van der Waals surface area contributed by atoms with E-state index in [1.807, 2.05) is 36.4 Å². The van der Waals surface area contributed by atoms with E-state index >= 15 is 0 Å². The molecular formula is C19H23NO3. The standard InChI is InChI=1S/C19H23NO3/c1-12(2)13-7-9-14(10-8-13)17(21)11-20-18(22)15-5-3-4-6-16(15)19(20)23/h3-4,7-10,12,15-17,21H,5-6,11H2,1-2H3/t15-,16+,17-/m0/s1. The topological polar surface area (TPSA) is 57.6 Å². The number of benzene rings is 1. The minimum atomic E-state index is -0.836. The van der Waals surface area contributed by atoms with Gasteiger partial charge in [0.15, 0.2) is 0 Å². The summed E-state index contributed by atoms with van der Waals surface area (Å²) in [6, 6.07) is 7.72. The van der Waals surface area contributed by atoms with Crippen molar-refractivity contribution in [3.8, 4) is 0 Å². The lowest BCUT2D eigenvalue weighted by Gasteiger charge is -2.20. The molecular weight excluding hydrogens is 290 g/mol. The molecule has 23 heavy (non-hydrogen) atoms. The van der Waals surface area contributed by atoms with Gasteiger partial charge in [-0.1, -0.05) is 50.3 Å². The molecule has 4 nitrogen and oxygen atoms in total. The van der Waals surface area contributed by atoms with Crippen LogP contribution in [0.2, 0.25) is 0 Å². The molecule has 1 saturated heterocycles. The fourth-order valence-corrected chi connectivity index (χ4v) is 3.43. The lowest BCUT2D eigenvalue weighted by atomic mass is 9.85. The van der Waals surface area contributed by atoms with Gasteiger partial charge in [0.25, 0.3) is 0 Å². The molecule has 1 heterocycles. The number of hydrogen-bond acceptors (Lipinski definition) is 3. The van der Waals surface area contributed by atoms with Gasteiger partial charge < -0.3 is 5.11 Å². The average molecular weight is 313 g/mol. The monoisotopic (exact) mass is 313 g/mol. The Morgan fingerprint density at radius 3 is 1.96 bits per heavy atom. The van der Waals surface area contributed by atoms with Crippen LogP contribution in [0.5, 0.6) is 0 Å². The molecule has 1 aromatic carbocycles. The Morgan fingerprint density at radius 1 is 1.00 bits per heavy atom. The first-order valence-electron chi connectivity index (χ1n) is 8.27. The van der Waals surface area contributed by atoms with Crippen LogP contribution in [-0.2, 0) is 9.59 Å². The molecule has 1 fully saturated rings. The number of β-amino-alcohol motifs (C(OH)–C–C–N with tert-alkyl or cyclic N) is 1. The second kappa shape index (κ2) is 6.28. The van der Waals surface area contributed by atoms with Crippen molar-refractivity contribution in [2.45, 2.75) is 38.7 Å². The number of aliphatic hydroxyl groups is 1. The summed E-state index contributed by atoms with van der Waals surface area (Å²) in [7, 11) is 0. The molecule has 1 aliphatic carbocycles. The summed E-state index contributed by atoms with van der Waals surface area (Å²) in [5.74, 6) is -0.311. The molecule has 0 radical (unpaired) electrons. The van der Waals surface area contributed by atoms with Gasteiger partial charge in [0.1, 0.15) is 0 Å². The number of amides is 2. The minimum absolute atomic E-state index is 0.0473. The summed E-state index contributed by atoms with van der Waals surface area (Å²) in [4.78, 5) is 26.1. The predicted octanol–water partition coefficient (Wildman–Crippen LogP) is 2.79. The maximum absolute atomic E-state index is 12.4. The summed E-state index contributed by atoms with van der Waals surface area (Å²) >= 11 is 0. The average Bonchev–Trinajstić information content (AvgIpc) is 2.80. The Morgan fingerprint density at radius 2 is 1.48 bits per heavy atom. The van der Waals surface area contributed by atoms with Gasteiger partial charge in [0.2, 0.25) is 11.8 Å². The van der Waals surface area contributed by atoms with E-state index in [0.29, 0.717) is 18.8 Å². The number of fused-ring (bicyclic) bond motifs is 1. The van der Waals surface area contributed by atoms with Gasteiger partial charge in [0, 0.05) is 0 Å². The van der Waals surface area contributed by atoms with Gasteiger partial charge in [-0.05, 0) is 29.9 Å². The quantitative estimate of drug-likeness (QED) is 0.687. The van der Waals surface area contributed by atoms with Crippen molar-refractivity contribution in [1.29, 1.82) is 0 Å². The van der Waals surface area contributed by atoms with Gasteiger partial charge in [-0.15, -0.1) is 0 Å². The lowest BCUT2D eigenvalue weighted by Crippen LogP contribution is -2.35. The van der Waals surface area contributed by atoms with Gasteiger partial charge >= 0.3 is 0 Å². The molecule has 3 atom stereocenters. The summed E-state index contributed by atoms with van der Waals surface area (Å²) in [6.07, 6.45) is 4.36. The van der Waals surface area contributed by atoms with E-state index in [9.17, 15) is 14.7 Å². The van der Waals surface area contributed by atoms with E-state index in [-0.39, 0.29) is 30.2 Å². The largest absolute Gasteiger partial charge is 0.387 e. The number of carbonyl (C=O) groups is 2. The van der Waals surface area contributed by atoms with E-state index in [0.717, 1.165) is 5.56 Å². The first-order chi connectivity index (χ1) is 11.0. The molecule has 1 aliphatic heterocycles. The van der Waals surface area contributed by atoms with E-state index in [1.165, 1.54) is 10.5 Å². The third-order valence-electron chi connectivity index (χ3n) is 4.94. The summed E-state index contributed by atoms with van der Waals surface area (Å²) < 4.78 is 0. The van der Waals surface area contributed by atoms with Crippen molar-refractivity contribution in [2.75, 3.05) is 6.54 Å². The van der Waals surface area contributed by atoms with Crippen LogP contribution in [-0.4, -0.2) is 28.4 Å². The first-order valence-corrected chi connectivity index (χ1v) is 8.27. The molecule has 0 aromatic heterocycles. The zero-order valence-corrected chi connectivity index (χ0v) is 13.6. The van der Waals surface area contributed by atoms with E-state index in [2.05, 4.69) is 13.8 Å². The van der Waals surface area contributed by atoms with Crippen LogP contribution in [0, 0.1) is 11.8 Å². The second-order valence-electron chi connectivity index (χ2n) is 6.78. The molecule has 3 rings (SSSR count). The van der Waals surface area contributed by atoms with Crippen LogP contribution in [0.1, 0.15) is 49.8 Å². The Labute approximate surface area is 136 Å². The number of nitrogens with zero attached hydrogens (tertiary/aromatic N) is 1. The van der Waals surface area contributed by atoms with Crippen LogP contribution >= 0.6 is 0 Å². The molecule has 0 unspecified atom stereocenters. The highest BCUT2D eigenvalue weighted by molar-refractivity contribution is 6.05. The maximum Gasteiger partial charge on any atom is 0.233 e. The SMILES string of the molecule is CC(C)c1ccc([C@@H](O)CN2C(=O)[C@H]3CC=CC[C@H]3C2=O)cc1. The number of allylic oxidation sites excluding steroid dienone is 2. The number of aliphatic hydroxyl groups excluding tert-OH is 1. The number of likely N-dealkylation sites (tertiary alicyclic amines) is 1. The second-order valence-corrected chi connectivity index (χ2v) is 6.78. The number of hydrogen-bond donors (Lipinski definition) is 1. The highest BCUT2D eigenvalue weighted by atomic mass is 16.3. The van der Waals surface area contributed by atoms with E-state index in [4.69, 9.17) is 0 Å². The Kier molecular flexibility index (Phi) is 4.35. The fraction of sp³-hybridized carbons (Fsp3) is 0.474. The van der Waals surface area contributed by atoms with Crippen molar-refractivity contribution < 1.29 is 14.7 Å². The maximum atomic E-state index is 12.4. The van der Waals surface area contributed by atoms with Crippen LogP contribution in [0.25, 0.3) is 0 Å². The summed E-state index contributed by atoms with van der Waals surface area (Å²) in [6.45, 7) is 4.28. The van der Waals surface area contributed by atoms with Gasteiger partial charge in [0.05, 0.1) is 24.5 Å². The van der Waals surface area contributed by atoms with Crippen molar-refractivity contribution in [1.82, 2.24) is 4.90 Å². The third kappa shape index (κ3) is 2.95. The molecule has 0 saturated carbocycles. The number of carbonyl (C=O) groups excluding carboxylic acids is 2. The van der Waals surface area contributed by atoms with Crippen LogP contribution < -0.4 is 0 Å². The molecule has 1 aromatic rings. The Bertz CT molecular complexity index is 607. The molecule has 2 amide bonds. The number of imide groups is 1.